The van der Waals surface area contributed by atoms with E-state index in [2.05, 4.69) is 33.5 Å². The summed E-state index contributed by atoms with van der Waals surface area (Å²) in [5.41, 5.74) is 5.91. The van der Waals surface area contributed by atoms with E-state index >= 15 is 0 Å². The number of amides is 1. The summed E-state index contributed by atoms with van der Waals surface area (Å²) in [7, 11) is 0. The molecule has 0 aliphatic carbocycles. The van der Waals surface area contributed by atoms with E-state index in [-0.39, 0.29) is 5.91 Å². The molecule has 0 atom stereocenters. The van der Waals surface area contributed by atoms with Crippen molar-refractivity contribution in [2.45, 2.75) is 6.92 Å². The number of carbonyl (C=O) groups is 1. The van der Waals surface area contributed by atoms with E-state index in [0.717, 1.165) is 26.9 Å². The van der Waals surface area contributed by atoms with Gasteiger partial charge in [-0.05, 0) is 30.7 Å². The van der Waals surface area contributed by atoms with E-state index in [4.69, 9.17) is 0 Å². The highest BCUT2D eigenvalue weighted by Gasteiger charge is 2.12. The number of fused-ring (bicyclic) bond motifs is 1. The molecule has 122 valence electrons. The van der Waals surface area contributed by atoms with Crippen molar-refractivity contribution in [3.8, 4) is 11.1 Å². The van der Waals surface area contributed by atoms with Crippen LogP contribution in [0.3, 0.4) is 0 Å². The molecule has 5 heteroatoms. The smallest absolute Gasteiger partial charge is 0.275 e. The highest BCUT2D eigenvalue weighted by Crippen LogP contribution is 2.24. The number of pyridine rings is 1. The second-order valence-electron chi connectivity index (χ2n) is 5.71. The molecular weight excluding hydrogens is 330 g/mol. The van der Waals surface area contributed by atoms with Crippen molar-refractivity contribution in [2.24, 2.45) is 0 Å². The lowest BCUT2D eigenvalue weighted by Crippen LogP contribution is -2.13. The Balaban J connectivity index is 1.63. The number of hydrogen-bond acceptors (Lipinski definition) is 4. The molecule has 0 radical (unpaired) electrons. The number of rotatable bonds is 3. The van der Waals surface area contributed by atoms with Crippen molar-refractivity contribution in [1.29, 1.82) is 0 Å². The van der Waals surface area contributed by atoms with Gasteiger partial charge in [-0.25, -0.2) is 4.98 Å². The molecule has 0 aliphatic heterocycles. The first-order chi connectivity index (χ1) is 12.2. The van der Waals surface area contributed by atoms with Crippen LogP contribution in [0.15, 0.2) is 66.3 Å². The van der Waals surface area contributed by atoms with Gasteiger partial charge in [-0.1, -0.05) is 36.4 Å². The van der Waals surface area contributed by atoms with Crippen molar-refractivity contribution in [3.63, 3.8) is 0 Å². The van der Waals surface area contributed by atoms with Crippen LogP contribution in [0, 0.1) is 6.92 Å². The maximum absolute atomic E-state index is 12.3. The van der Waals surface area contributed by atoms with Crippen molar-refractivity contribution in [3.05, 3.63) is 76.9 Å². The Kier molecular flexibility index (Phi) is 3.99. The van der Waals surface area contributed by atoms with Crippen LogP contribution in [0.25, 0.3) is 22.0 Å². The van der Waals surface area contributed by atoms with E-state index in [0.29, 0.717) is 11.4 Å². The van der Waals surface area contributed by atoms with Gasteiger partial charge in [0.25, 0.3) is 5.91 Å². The Labute approximate surface area is 149 Å². The third-order valence-electron chi connectivity index (χ3n) is 4.01. The summed E-state index contributed by atoms with van der Waals surface area (Å²) in [5.74, 6) is -0.195. The summed E-state index contributed by atoms with van der Waals surface area (Å²) in [6, 6.07) is 18.0. The fourth-order valence-electron chi connectivity index (χ4n) is 2.70. The Bertz CT molecular complexity index is 1060. The number of hydrogen-bond donors (Lipinski definition) is 1. The van der Waals surface area contributed by atoms with Gasteiger partial charge < -0.3 is 5.32 Å². The van der Waals surface area contributed by atoms with Crippen LogP contribution in [-0.4, -0.2) is 15.9 Å². The van der Waals surface area contributed by atoms with Gasteiger partial charge in [0, 0.05) is 27.7 Å². The molecule has 0 fully saturated rings. The number of nitrogens with one attached hydrogen (secondary N) is 1. The first-order valence-corrected chi connectivity index (χ1v) is 8.75. The molecule has 0 saturated carbocycles. The zero-order valence-electron chi connectivity index (χ0n) is 13.6. The minimum atomic E-state index is -0.195. The van der Waals surface area contributed by atoms with Gasteiger partial charge >= 0.3 is 0 Å². The molecule has 25 heavy (non-hydrogen) atoms. The molecular formula is C20H15N3OS. The van der Waals surface area contributed by atoms with Gasteiger partial charge in [0.2, 0.25) is 0 Å². The van der Waals surface area contributed by atoms with Crippen LogP contribution in [0.1, 0.15) is 15.4 Å². The molecule has 2 aromatic carbocycles. The number of benzene rings is 2. The molecule has 0 aliphatic rings. The summed E-state index contributed by atoms with van der Waals surface area (Å²) in [4.78, 5) is 21.8. The Morgan fingerprint density at radius 3 is 2.60 bits per heavy atom. The van der Waals surface area contributed by atoms with Gasteiger partial charge in [-0.3, -0.25) is 9.78 Å². The van der Waals surface area contributed by atoms with Crippen LogP contribution < -0.4 is 5.32 Å². The molecule has 0 spiro atoms. The minimum Gasteiger partial charge on any atom is -0.321 e. The van der Waals surface area contributed by atoms with Crippen molar-refractivity contribution in [2.75, 3.05) is 5.32 Å². The first-order valence-electron chi connectivity index (χ1n) is 7.87. The standard InChI is InChI=1S/C20H15N3OS/c1-13-19(22-12-25-13)20(24)23-17-8-7-15-9-16(11-21-18(15)10-17)14-5-3-2-4-6-14/h2-12H,1H3,(H,23,24). The van der Waals surface area contributed by atoms with Gasteiger partial charge in [-0.15, -0.1) is 11.3 Å². The second kappa shape index (κ2) is 6.45. The summed E-state index contributed by atoms with van der Waals surface area (Å²) < 4.78 is 0. The highest BCUT2D eigenvalue weighted by atomic mass is 32.1. The third kappa shape index (κ3) is 3.14. The normalized spacial score (nSPS) is 10.8. The quantitative estimate of drug-likeness (QED) is 0.573. The molecule has 2 aromatic heterocycles. The number of thiazole rings is 1. The Morgan fingerprint density at radius 2 is 1.84 bits per heavy atom. The van der Waals surface area contributed by atoms with Crippen LogP contribution in [0.5, 0.6) is 0 Å². The minimum absolute atomic E-state index is 0.195. The van der Waals surface area contributed by atoms with Crippen LogP contribution in [0.2, 0.25) is 0 Å². The van der Waals surface area contributed by atoms with E-state index in [1.54, 1.807) is 5.51 Å². The van der Waals surface area contributed by atoms with Gasteiger partial charge in [0.05, 0.1) is 11.0 Å². The SMILES string of the molecule is Cc1scnc1C(=O)Nc1ccc2cc(-c3ccccc3)cnc2c1. The summed E-state index contributed by atoms with van der Waals surface area (Å²) >= 11 is 1.46. The zero-order valence-corrected chi connectivity index (χ0v) is 14.4. The molecule has 4 rings (SSSR count). The number of nitrogens with zero attached hydrogens (tertiary/aromatic N) is 2. The van der Waals surface area contributed by atoms with Crippen molar-refractivity contribution < 1.29 is 4.79 Å². The topological polar surface area (TPSA) is 54.9 Å². The van der Waals surface area contributed by atoms with E-state index in [1.807, 2.05) is 49.5 Å². The lowest BCUT2D eigenvalue weighted by Gasteiger charge is -2.07. The predicted octanol–water partition coefficient (Wildman–Crippen LogP) is 4.92. The molecule has 0 unspecified atom stereocenters. The number of anilines is 1. The van der Waals surface area contributed by atoms with E-state index in [1.165, 1.54) is 11.3 Å². The monoisotopic (exact) mass is 345 g/mol. The Hall–Kier alpha value is -3.05. The second-order valence-corrected chi connectivity index (χ2v) is 6.77. The first kappa shape index (κ1) is 15.5. The predicted molar refractivity (Wildman–Crippen MR) is 102 cm³/mol. The number of carbonyl (C=O) groups excluding carboxylic acids is 1. The lowest BCUT2D eigenvalue weighted by atomic mass is 10.1. The van der Waals surface area contributed by atoms with Crippen LogP contribution in [0.4, 0.5) is 5.69 Å². The largest absolute Gasteiger partial charge is 0.321 e. The van der Waals surface area contributed by atoms with Crippen molar-refractivity contribution in [1.82, 2.24) is 9.97 Å². The molecule has 4 nitrogen and oxygen atoms in total. The fourth-order valence-corrected chi connectivity index (χ4v) is 3.27. The average Bonchev–Trinajstić information content (AvgIpc) is 3.08. The number of aromatic nitrogens is 2. The molecule has 0 saturated heterocycles. The molecule has 4 aromatic rings. The molecule has 1 N–H and O–H groups in total. The molecule has 1 amide bonds. The maximum atomic E-state index is 12.3. The van der Waals surface area contributed by atoms with Gasteiger partial charge in [0.1, 0.15) is 5.69 Å². The van der Waals surface area contributed by atoms with E-state index in [9.17, 15) is 4.79 Å². The summed E-state index contributed by atoms with van der Waals surface area (Å²) in [6.45, 7) is 1.89. The van der Waals surface area contributed by atoms with Crippen molar-refractivity contribution >= 4 is 33.8 Å². The molecule has 2 heterocycles. The summed E-state index contributed by atoms with van der Waals surface area (Å²) in [5, 5.41) is 3.92. The maximum Gasteiger partial charge on any atom is 0.275 e. The van der Waals surface area contributed by atoms with Crippen LogP contribution in [-0.2, 0) is 0 Å². The molecule has 0 bridgehead atoms. The van der Waals surface area contributed by atoms with Gasteiger partial charge in [-0.2, -0.15) is 0 Å². The average molecular weight is 345 g/mol. The Morgan fingerprint density at radius 1 is 1.00 bits per heavy atom. The number of aryl methyl sites for hydroxylation is 1. The van der Waals surface area contributed by atoms with Gasteiger partial charge in [0.15, 0.2) is 0 Å². The highest BCUT2D eigenvalue weighted by molar-refractivity contribution is 7.09. The third-order valence-corrected chi connectivity index (χ3v) is 4.77. The lowest BCUT2D eigenvalue weighted by molar-refractivity contribution is 0.102. The van der Waals surface area contributed by atoms with E-state index < -0.39 is 0 Å². The van der Waals surface area contributed by atoms with Crippen LogP contribution >= 0.6 is 11.3 Å². The zero-order chi connectivity index (χ0) is 17.2. The summed E-state index contributed by atoms with van der Waals surface area (Å²) in [6.07, 6.45) is 1.86. The fraction of sp³-hybridized carbons (Fsp3) is 0.0500.